The van der Waals surface area contributed by atoms with Gasteiger partial charge in [0.05, 0.1) is 6.54 Å². The van der Waals surface area contributed by atoms with Gasteiger partial charge in [0.25, 0.3) is 0 Å². The van der Waals surface area contributed by atoms with Gasteiger partial charge in [0.15, 0.2) is 5.82 Å². The third-order valence-corrected chi connectivity index (χ3v) is 4.54. The van der Waals surface area contributed by atoms with Gasteiger partial charge in [-0.25, -0.2) is 0 Å². The van der Waals surface area contributed by atoms with Crippen molar-refractivity contribution in [3.8, 4) is 0 Å². The summed E-state index contributed by atoms with van der Waals surface area (Å²) >= 11 is 0. The molecule has 1 N–H and O–H groups in total. The van der Waals surface area contributed by atoms with Crippen molar-refractivity contribution in [1.29, 1.82) is 0 Å². The molecule has 140 valence electrons. The van der Waals surface area contributed by atoms with Crippen molar-refractivity contribution >= 4 is 11.6 Å². The first-order valence-electron chi connectivity index (χ1n) is 9.22. The Balaban J connectivity index is 1.36. The average molecular weight is 357 g/mol. The number of aromatic nitrogens is 2. The molecule has 0 aliphatic carbocycles. The van der Waals surface area contributed by atoms with Crippen LogP contribution in [0.4, 0.5) is 5.69 Å². The van der Waals surface area contributed by atoms with E-state index in [0.29, 0.717) is 18.9 Å². The zero-order chi connectivity index (χ0) is 18.4. The Bertz CT molecular complexity index is 693. The van der Waals surface area contributed by atoms with Crippen molar-refractivity contribution in [3.63, 3.8) is 0 Å². The van der Waals surface area contributed by atoms with E-state index in [1.54, 1.807) is 0 Å². The summed E-state index contributed by atoms with van der Waals surface area (Å²) in [5.41, 5.74) is 0.850. The van der Waals surface area contributed by atoms with E-state index in [9.17, 15) is 4.79 Å². The smallest absolute Gasteiger partial charge is 0.240 e. The van der Waals surface area contributed by atoms with E-state index in [1.165, 1.54) is 0 Å². The fraction of sp³-hybridized carbons (Fsp3) is 0.526. The summed E-state index contributed by atoms with van der Waals surface area (Å²) in [6.07, 6.45) is 0.510. The number of carbonyl (C=O) groups is 1. The lowest BCUT2D eigenvalue weighted by Crippen LogP contribution is -2.46. The standard InChI is InChI=1S/C19H27N5O2/c1-15(2)19-21-18(26-22-19)14-24-12-10-23(11-13-24)9-8-17(25)20-16-6-4-3-5-7-16/h3-7,15H,8-14H2,1-2H3,(H,20,25). The maximum Gasteiger partial charge on any atom is 0.240 e. The van der Waals surface area contributed by atoms with Crippen LogP contribution in [0.5, 0.6) is 0 Å². The Morgan fingerprint density at radius 2 is 1.85 bits per heavy atom. The Kier molecular flexibility index (Phi) is 6.35. The van der Waals surface area contributed by atoms with Crippen molar-refractivity contribution in [2.45, 2.75) is 32.7 Å². The molecule has 3 rings (SSSR count). The number of piperazine rings is 1. The minimum Gasteiger partial charge on any atom is -0.338 e. The monoisotopic (exact) mass is 357 g/mol. The van der Waals surface area contributed by atoms with Crippen molar-refractivity contribution in [2.24, 2.45) is 0 Å². The first-order valence-corrected chi connectivity index (χ1v) is 9.22. The number of para-hydroxylation sites is 1. The maximum atomic E-state index is 12.0. The summed E-state index contributed by atoms with van der Waals surface area (Å²) in [4.78, 5) is 21.1. The predicted octanol–water partition coefficient (Wildman–Crippen LogP) is 2.34. The van der Waals surface area contributed by atoms with Crippen LogP contribution in [-0.4, -0.2) is 58.6 Å². The highest BCUT2D eigenvalue weighted by atomic mass is 16.5. The fourth-order valence-electron chi connectivity index (χ4n) is 2.93. The van der Waals surface area contributed by atoms with Crippen LogP contribution in [0.1, 0.15) is 37.9 Å². The number of amides is 1. The van der Waals surface area contributed by atoms with Crippen LogP contribution in [0, 0.1) is 0 Å². The SMILES string of the molecule is CC(C)c1noc(CN2CCN(CCC(=O)Nc3ccccc3)CC2)n1. The molecule has 0 saturated carbocycles. The predicted molar refractivity (Wildman–Crippen MR) is 99.8 cm³/mol. The lowest BCUT2D eigenvalue weighted by molar-refractivity contribution is -0.116. The molecule has 0 bridgehead atoms. The minimum atomic E-state index is 0.0608. The molecular weight excluding hydrogens is 330 g/mol. The summed E-state index contributed by atoms with van der Waals surface area (Å²) in [5.74, 6) is 1.80. The van der Waals surface area contributed by atoms with Crippen LogP contribution in [0.25, 0.3) is 0 Å². The van der Waals surface area contributed by atoms with Gasteiger partial charge in [-0.2, -0.15) is 4.98 Å². The highest BCUT2D eigenvalue weighted by Crippen LogP contribution is 2.12. The molecule has 0 radical (unpaired) electrons. The Labute approximate surface area is 154 Å². The highest BCUT2D eigenvalue weighted by molar-refractivity contribution is 5.90. The van der Waals surface area contributed by atoms with E-state index < -0.39 is 0 Å². The molecule has 0 unspecified atom stereocenters. The second-order valence-corrected chi connectivity index (χ2v) is 6.98. The summed E-state index contributed by atoms with van der Waals surface area (Å²) in [7, 11) is 0. The molecule has 26 heavy (non-hydrogen) atoms. The number of nitrogens with one attached hydrogen (secondary N) is 1. The molecule has 0 spiro atoms. The molecule has 1 aliphatic heterocycles. The molecule has 2 aromatic rings. The van der Waals surface area contributed by atoms with Gasteiger partial charge in [-0.05, 0) is 12.1 Å². The molecule has 2 heterocycles. The first-order chi connectivity index (χ1) is 12.6. The molecule has 1 saturated heterocycles. The van der Waals surface area contributed by atoms with Gasteiger partial charge < -0.3 is 14.7 Å². The molecule has 1 amide bonds. The van der Waals surface area contributed by atoms with Gasteiger partial charge in [-0.1, -0.05) is 37.2 Å². The largest absolute Gasteiger partial charge is 0.338 e. The number of benzene rings is 1. The van der Waals surface area contributed by atoms with Crippen molar-refractivity contribution in [3.05, 3.63) is 42.0 Å². The topological polar surface area (TPSA) is 74.5 Å². The van der Waals surface area contributed by atoms with E-state index in [4.69, 9.17) is 4.52 Å². The van der Waals surface area contributed by atoms with E-state index in [-0.39, 0.29) is 11.8 Å². The van der Waals surface area contributed by atoms with Gasteiger partial charge in [0.1, 0.15) is 0 Å². The number of carbonyl (C=O) groups excluding carboxylic acids is 1. The lowest BCUT2D eigenvalue weighted by atomic mass is 10.2. The van der Waals surface area contributed by atoms with Gasteiger partial charge in [-0.3, -0.25) is 9.69 Å². The van der Waals surface area contributed by atoms with Crippen molar-refractivity contribution < 1.29 is 9.32 Å². The number of hydrogen-bond acceptors (Lipinski definition) is 6. The Morgan fingerprint density at radius 1 is 1.15 bits per heavy atom. The number of anilines is 1. The second kappa shape index (κ2) is 8.91. The Hall–Kier alpha value is -2.25. The van der Waals surface area contributed by atoms with Crippen LogP contribution in [-0.2, 0) is 11.3 Å². The van der Waals surface area contributed by atoms with Gasteiger partial charge >= 0.3 is 0 Å². The molecule has 7 nitrogen and oxygen atoms in total. The van der Waals surface area contributed by atoms with E-state index >= 15 is 0 Å². The van der Waals surface area contributed by atoms with Crippen molar-refractivity contribution in [1.82, 2.24) is 19.9 Å². The maximum absolute atomic E-state index is 12.0. The van der Waals surface area contributed by atoms with Crippen LogP contribution in [0.15, 0.2) is 34.9 Å². The molecule has 0 atom stereocenters. The van der Waals surface area contributed by atoms with Crippen LogP contribution < -0.4 is 5.32 Å². The molecule has 7 heteroatoms. The fourth-order valence-corrected chi connectivity index (χ4v) is 2.93. The van der Waals surface area contributed by atoms with Gasteiger partial charge in [0.2, 0.25) is 11.8 Å². The Morgan fingerprint density at radius 3 is 2.50 bits per heavy atom. The van der Waals surface area contributed by atoms with E-state index in [0.717, 1.165) is 44.2 Å². The average Bonchev–Trinajstić information content (AvgIpc) is 3.11. The van der Waals surface area contributed by atoms with Crippen LogP contribution in [0.3, 0.4) is 0 Å². The molecule has 1 fully saturated rings. The summed E-state index contributed by atoms with van der Waals surface area (Å²) < 4.78 is 5.32. The van der Waals surface area contributed by atoms with E-state index in [2.05, 4.69) is 39.1 Å². The van der Waals surface area contributed by atoms with E-state index in [1.807, 2.05) is 30.3 Å². The molecule has 1 aromatic heterocycles. The van der Waals surface area contributed by atoms with Gasteiger partial charge in [-0.15, -0.1) is 0 Å². The number of rotatable bonds is 7. The summed E-state index contributed by atoms with van der Waals surface area (Å²) in [6.45, 7) is 9.38. The van der Waals surface area contributed by atoms with Crippen LogP contribution in [0.2, 0.25) is 0 Å². The normalized spacial score (nSPS) is 16.1. The first kappa shape index (κ1) is 18.5. The number of hydrogen-bond donors (Lipinski definition) is 1. The lowest BCUT2D eigenvalue weighted by Gasteiger charge is -2.33. The summed E-state index contributed by atoms with van der Waals surface area (Å²) in [6, 6.07) is 9.58. The summed E-state index contributed by atoms with van der Waals surface area (Å²) in [5, 5.41) is 6.94. The third kappa shape index (κ3) is 5.37. The second-order valence-electron chi connectivity index (χ2n) is 6.98. The van der Waals surface area contributed by atoms with Gasteiger partial charge in [0, 0.05) is 50.7 Å². The minimum absolute atomic E-state index is 0.0608. The molecule has 1 aromatic carbocycles. The number of nitrogens with zero attached hydrogens (tertiary/aromatic N) is 4. The van der Waals surface area contributed by atoms with Crippen molar-refractivity contribution in [2.75, 3.05) is 38.0 Å². The zero-order valence-electron chi connectivity index (χ0n) is 15.5. The zero-order valence-corrected chi connectivity index (χ0v) is 15.5. The molecule has 1 aliphatic rings. The third-order valence-electron chi connectivity index (χ3n) is 4.54. The van der Waals surface area contributed by atoms with Crippen LogP contribution >= 0.6 is 0 Å². The quantitative estimate of drug-likeness (QED) is 0.820. The molecular formula is C19H27N5O2. The highest BCUT2D eigenvalue weighted by Gasteiger charge is 2.20.